The van der Waals surface area contributed by atoms with Crippen molar-refractivity contribution in [2.45, 2.75) is 13.4 Å². The number of halogens is 1. The van der Waals surface area contributed by atoms with Gasteiger partial charge in [0.05, 0.1) is 18.4 Å². The fraction of sp³-hybridized carbons (Fsp3) is 0.125. The average Bonchev–Trinajstić information content (AvgIpc) is 2.90. The highest BCUT2D eigenvalue weighted by Crippen LogP contribution is 2.29. The van der Waals surface area contributed by atoms with Crippen molar-refractivity contribution in [1.29, 1.82) is 0 Å². The highest BCUT2D eigenvalue weighted by Gasteiger charge is 2.23. The molecule has 0 fully saturated rings. The SMILES string of the molecule is C=COC(=O)c1cnc(Oc2ccc3c(c2)COB3C)c(Cl)c1. The molecule has 0 bridgehead atoms. The van der Waals surface area contributed by atoms with Gasteiger partial charge in [-0.1, -0.05) is 31.1 Å². The standard InChI is InChI=1S/C16H13BClNO4/c1-3-21-16(20)10-7-14(18)15(19-8-10)23-12-4-5-13-11(6-12)9-22-17(13)2/h3-8H,1,9H2,2H3. The van der Waals surface area contributed by atoms with Crippen molar-refractivity contribution in [2.75, 3.05) is 0 Å². The Morgan fingerprint density at radius 2 is 2.30 bits per heavy atom. The number of aromatic nitrogens is 1. The first kappa shape index (κ1) is 15.6. The number of nitrogens with zero attached hydrogens (tertiary/aromatic N) is 1. The Kier molecular flexibility index (Phi) is 4.36. The lowest BCUT2D eigenvalue weighted by atomic mass is 9.64. The van der Waals surface area contributed by atoms with E-state index in [1.807, 2.05) is 25.0 Å². The molecule has 0 radical (unpaired) electrons. The van der Waals surface area contributed by atoms with E-state index in [2.05, 4.69) is 16.3 Å². The molecule has 0 atom stereocenters. The molecule has 7 heteroatoms. The van der Waals surface area contributed by atoms with E-state index in [9.17, 15) is 4.79 Å². The second-order valence-electron chi connectivity index (χ2n) is 5.00. The van der Waals surface area contributed by atoms with E-state index in [0.29, 0.717) is 12.4 Å². The summed E-state index contributed by atoms with van der Waals surface area (Å²) in [7, 11) is 0. The molecule has 116 valence electrons. The van der Waals surface area contributed by atoms with Gasteiger partial charge >= 0.3 is 12.9 Å². The van der Waals surface area contributed by atoms with Crippen LogP contribution < -0.4 is 10.2 Å². The number of esters is 1. The third kappa shape index (κ3) is 3.23. The molecule has 1 aliphatic rings. The predicted octanol–water partition coefficient (Wildman–Crippen LogP) is 3.19. The quantitative estimate of drug-likeness (QED) is 0.490. The first-order valence-electron chi connectivity index (χ1n) is 6.98. The van der Waals surface area contributed by atoms with Gasteiger partial charge in [-0.15, -0.1) is 0 Å². The minimum atomic E-state index is -0.579. The van der Waals surface area contributed by atoms with Crippen molar-refractivity contribution in [3.05, 3.63) is 59.5 Å². The van der Waals surface area contributed by atoms with Crippen LogP contribution in [-0.2, 0) is 16.0 Å². The lowest BCUT2D eigenvalue weighted by Gasteiger charge is -2.09. The fourth-order valence-electron chi connectivity index (χ4n) is 2.34. The summed E-state index contributed by atoms with van der Waals surface area (Å²) in [5, 5.41) is 0.216. The third-order valence-corrected chi connectivity index (χ3v) is 3.76. The van der Waals surface area contributed by atoms with E-state index in [1.165, 1.54) is 12.3 Å². The Labute approximate surface area is 139 Å². The zero-order valence-electron chi connectivity index (χ0n) is 12.4. The number of fused-ring (bicyclic) bond motifs is 1. The number of pyridine rings is 1. The fourth-order valence-corrected chi connectivity index (χ4v) is 2.54. The zero-order chi connectivity index (χ0) is 16.4. The van der Waals surface area contributed by atoms with Gasteiger partial charge in [0.25, 0.3) is 0 Å². The van der Waals surface area contributed by atoms with Crippen LogP contribution in [0, 0.1) is 0 Å². The molecule has 23 heavy (non-hydrogen) atoms. The average molecular weight is 330 g/mol. The molecule has 0 N–H and O–H groups in total. The molecule has 3 rings (SSSR count). The lowest BCUT2D eigenvalue weighted by molar-refractivity contribution is 0.0663. The number of carbonyl (C=O) groups is 1. The first-order valence-corrected chi connectivity index (χ1v) is 7.36. The maximum absolute atomic E-state index is 11.6. The molecule has 0 saturated carbocycles. The number of carbonyl (C=O) groups excluding carboxylic acids is 1. The van der Waals surface area contributed by atoms with Crippen LogP contribution in [0.5, 0.6) is 11.6 Å². The Morgan fingerprint density at radius 1 is 1.48 bits per heavy atom. The number of benzene rings is 1. The van der Waals surface area contributed by atoms with E-state index >= 15 is 0 Å². The Hall–Kier alpha value is -2.31. The van der Waals surface area contributed by atoms with Crippen molar-refractivity contribution < 1.29 is 18.9 Å². The highest BCUT2D eigenvalue weighted by molar-refractivity contribution is 6.67. The van der Waals surface area contributed by atoms with Gasteiger partial charge in [-0.3, -0.25) is 0 Å². The van der Waals surface area contributed by atoms with Crippen LogP contribution >= 0.6 is 11.6 Å². The molecule has 0 saturated heterocycles. The van der Waals surface area contributed by atoms with Gasteiger partial charge in [-0.05, 0) is 29.2 Å². The summed E-state index contributed by atoms with van der Waals surface area (Å²) in [5.74, 6) is 0.246. The van der Waals surface area contributed by atoms with Gasteiger partial charge in [-0.25, -0.2) is 9.78 Å². The predicted molar refractivity (Wildman–Crippen MR) is 87.4 cm³/mol. The van der Waals surface area contributed by atoms with Crippen LogP contribution in [-0.4, -0.2) is 17.9 Å². The molecule has 1 aromatic carbocycles. The number of ether oxygens (including phenoxy) is 2. The van der Waals surface area contributed by atoms with Gasteiger partial charge in [0.2, 0.25) is 5.88 Å². The topological polar surface area (TPSA) is 57.7 Å². The maximum atomic E-state index is 11.6. The summed E-state index contributed by atoms with van der Waals surface area (Å²) in [4.78, 5) is 15.6. The Balaban J connectivity index is 1.81. The molecule has 0 unspecified atom stereocenters. The summed E-state index contributed by atoms with van der Waals surface area (Å²) in [6.07, 6.45) is 2.39. The largest absolute Gasteiger partial charge is 0.438 e. The van der Waals surface area contributed by atoms with E-state index in [0.717, 1.165) is 17.3 Å². The van der Waals surface area contributed by atoms with Crippen molar-refractivity contribution in [2.24, 2.45) is 0 Å². The van der Waals surface area contributed by atoms with Gasteiger partial charge < -0.3 is 14.1 Å². The Morgan fingerprint density at radius 3 is 3.04 bits per heavy atom. The summed E-state index contributed by atoms with van der Waals surface area (Å²) < 4.78 is 15.9. The molecule has 0 amide bonds. The molecular weight excluding hydrogens is 316 g/mol. The van der Waals surface area contributed by atoms with Crippen molar-refractivity contribution in [3.63, 3.8) is 0 Å². The smallest absolute Gasteiger partial charge is 0.344 e. The van der Waals surface area contributed by atoms with E-state index in [4.69, 9.17) is 21.0 Å². The second-order valence-corrected chi connectivity index (χ2v) is 5.41. The summed E-state index contributed by atoms with van der Waals surface area (Å²) in [6, 6.07) is 7.14. The number of hydrogen-bond acceptors (Lipinski definition) is 5. The molecule has 2 heterocycles. The minimum absolute atomic E-state index is 0.0934. The van der Waals surface area contributed by atoms with Gasteiger partial charge in [0.15, 0.2) is 0 Å². The van der Waals surface area contributed by atoms with E-state index < -0.39 is 5.97 Å². The van der Waals surface area contributed by atoms with Crippen molar-refractivity contribution in [3.8, 4) is 11.6 Å². The minimum Gasteiger partial charge on any atom is -0.438 e. The third-order valence-electron chi connectivity index (χ3n) is 3.49. The van der Waals surface area contributed by atoms with Crippen LogP contribution in [0.1, 0.15) is 15.9 Å². The molecular formula is C16H13BClNO4. The molecule has 1 aromatic heterocycles. The number of rotatable bonds is 4. The molecule has 5 nitrogen and oxygen atoms in total. The normalized spacial score (nSPS) is 12.7. The van der Waals surface area contributed by atoms with Gasteiger partial charge in [0.1, 0.15) is 10.8 Å². The van der Waals surface area contributed by atoms with Crippen molar-refractivity contribution in [1.82, 2.24) is 4.98 Å². The second kappa shape index (κ2) is 6.44. The van der Waals surface area contributed by atoms with Crippen LogP contribution in [0.4, 0.5) is 0 Å². The van der Waals surface area contributed by atoms with Crippen LogP contribution in [0.15, 0.2) is 43.3 Å². The number of hydrogen-bond donors (Lipinski definition) is 0. The maximum Gasteiger partial charge on any atom is 0.344 e. The monoisotopic (exact) mass is 329 g/mol. The summed E-state index contributed by atoms with van der Waals surface area (Å²) in [6.45, 7) is 5.98. The molecule has 0 aliphatic carbocycles. The van der Waals surface area contributed by atoms with E-state index in [1.54, 1.807) is 0 Å². The summed E-state index contributed by atoms with van der Waals surface area (Å²) >= 11 is 6.12. The van der Waals surface area contributed by atoms with Crippen LogP contribution in [0.25, 0.3) is 0 Å². The lowest BCUT2D eigenvalue weighted by Crippen LogP contribution is -2.23. The molecule has 2 aromatic rings. The van der Waals surface area contributed by atoms with Crippen molar-refractivity contribution >= 4 is 29.9 Å². The molecule has 0 spiro atoms. The van der Waals surface area contributed by atoms with Crippen LogP contribution in [0.3, 0.4) is 0 Å². The highest BCUT2D eigenvalue weighted by atomic mass is 35.5. The summed E-state index contributed by atoms with van der Waals surface area (Å²) in [5.41, 5.74) is 2.45. The zero-order valence-corrected chi connectivity index (χ0v) is 13.2. The first-order chi connectivity index (χ1) is 11.1. The van der Waals surface area contributed by atoms with Crippen LogP contribution in [0.2, 0.25) is 11.8 Å². The van der Waals surface area contributed by atoms with Gasteiger partial charge in [0, 0.05) is 6.20 Å². The Bertz CT molecular complexity index is 781. The van der Waals surface area contributed by atoms with Gasteiger partial charge in [-0.2, -0.15) is 0 Å². The molecule has 1 aliphatic heterocycles. The van der Waals surface area contributed by atoms with E-state index in [-0.39, 0.29) is 23.4 Å².